The number of nitrogens with one attached hydrogen (secondary N) is 1. The zero-order valence-electron chi connectivity index (χ0n) is 5.89. The predicted molar refractivity (Wildman–Crippen MR) is 37.9 cm³/mol. The highest BCUT2D eigenvalue weighted by molar-refractivity contribution is 6.08. The molecule has 0 amide bonds. The van der Waals surface area contributed by atoms with Crippen molar-refractivity contribution in [2.24, 2.45) is 0 Å². The smallest absolute Gasteiger partial charge is 0.208 e. The van der Waals surface area contributed by atoms with E-state index in [9.17, 15) is 4.39 Å². The van der Waals surface area contributed by atoms with Crippen molar-refractivity contribution in [3.8, 4) is 0 Å². The van der Waals surface area contributed by atoms with Crippen LogP contribution in [0.2, 0.25) is 6.32 Å². The van der Waals surface area contributed by atoms with Crippen molar-refractivity contribution < 1.29 is 9.50 Å². The lowest BCUT2D eigenvalue weighted by atomic mass is 9.99. The number of aliphatic hydroxyl groups is 1. The van der Waals surface area contributed by atoms with Gasteiger partial charge in [-0.05, 0) is 6.04 Å². The average molecular weight is 133 g/mol. The highest BCUT2D eigenvalue weighted by atomic mass is 19.1. The van der Waals surface area contributed by atoms with Crippen molar-refractivity contribution in [2.45, 2.75) is 25.6 Å². The quantitative estimate of drug-likeness (QED) is 0.497. The monoisotopic (exact) mass is 133 g/mol. The molecule has 0 aliphatic carbocycles. The molecule has 0 spiro atoms. The molecule has 0 radical (unpaired) electrons. The molecule has 0 aliphatic rings. The first kappa shape index (κ1) is 8.91. The van der Waals surface area contributed by atoms with Crippen LogP contribution in [0.15, 0.2) is 0 Å². The topological polar surface area (TPSA) is 32.3 Å². The van der Waals surface area contributed by atoms with Crippen molar-refractivity contribution in [3.63, 3.8) is 0 Å². The SMILES string of the molecule is BCC(C)NCC(O)F. The third kappa shape index (κ3) is 5.79. The molecule has 0 heterocycles. The fraction of sp³-hybridized carbons (Fsp3) is 1.00. The van der Waals surface area contributed by atoms with E-state index in [2.05, 4.69) is 5.32 Å². The first-order chi connectivity index (χ1) is 4.16. The minimum atomic E-state index is -1.72. The third-order valence-corrected chi connectivity index (χ3v) is 1.25. The van der Waals surface area contributed by atoms with Gasteiger partial charge >= 0.3 is 0 Å². The molecule has 0 saturated carbocycles. The fourth-order valence-corrected chi connectivity index (χ4v) is 0.443. The van der Waals surface area contributed by atoms with Crippen LogP contribution < -0.4 is 5.32 Å². The Balaban J connectivity index is 3.06. The molecule has 9 heavy (non-hydrogen) atoms. The van der Waals surface area contributed by atoms with Gasteiger partial charge < -0.3 is 10.4 Å². The summed E-state index contributed by atoms with van der Waals surface area (Å²) in [5.74, 6) is 0. The number of aliphatic hydroxyl groups excluding tert-OH is 1. The molecule has 0 aliphatic heterocycles. The van der Waals surface area contributed by atoms with Crippen LogP contribution in [0.25, 0.3) is 0 Å². The Kier molecular flexibility index (Phi) is 4.72. The van der Waals surface area contributed by atoms with E-state index in [4.69, 9.17) is 5.11 Å². The van der Waals surface area contributed by atoms with Gasteiger partial charge in [0.25, 0.3) is 0 Å². The van der Waals surface area contributed by atoms with Gasteiger partial charge in [-0.25, -0.2) is 4.39 Å². The van der Waals surface area contributed by atoms with E-state index in [0.29, 0.717) is 0 Å². The second kappa shape index (κ2) is 4.76. The normalized spacial score (nSPS) is 17.2. The molecule has 2 unspecified atom stereocenters. The Morgan fingerprint density at radius 1 is 1.78 bits per heavy atom. The second-order valence-electron chi connectivity index (χ2n) is 2.15. The maximum Gasteiger partial charge on any atom is 0.208 e. The van der Waals surface area contributed by atoms with Gasteiger partial charge in [0.15, 0.2) is 0 Å². The third-order valence-electron chi connectivity index (χ3n) is 1.25. The van der Waals surface area contributed by atoms with Crippen LogP contribution in [0.5, 0.6) is 0 Å². The number of halogens is 1. The summed E-state index contributed by atoms with van der Waals surface area (Å²) >= 11 is 0. The zero-order chi connectivity index (χ0) is 7.28. The molecular weight excluding hydrogens is 120 g/mol. The highest BCUT2D eigenvalue weighted by Gasteiger charge is 2.01. The van der Waals surface area contributed by atoms with Gasteiger partial charge in [-0.2, -0.15) is 0 Å². The summed E-state index contributed by atoms with van der Waals surface area (Å²) in [6, 6.07) is 0.287. The summed E-state index contributed by atoms with van der Waals surface area (Å²) in [5.41, 5.74) is 0. The van der Waals surface area contributed by atoms with Gasteiger partial charge in [-0.15, -0.1) is 0 Å². The standard InChI is InChI=1S/C5H13BFNO/c1-4(2-6)8-3-5(7)9/h4-5,8-9H,2-3,6H2,1H3. The molecule has 0 bridgehead atoms. The van der Waals surface area contributed by atoms with Crippen LogP contribution in [0, 0.1) is 0 Å². The Morgan fingerprint density at radius 3 is 2.67 bits per heavy atom. The molecule has 2 N–H and O–H groups in total. The maximum atomic E-state index is 11.7. The van der Waals surface area contributed by atoms with Gasteiger partial charge in [0.2, 0.25) is 6.36 Å². The molecule has 0 aromatic carbocycles. The van der Waals surface area contributed by atoms with E-state index in [-0.39, 0.29) is 12.6 Å². The van der Waals surface area contributed by atoms with E-state index in [1.165, 1.54) is 0 Å². The zero-order valence-corrected chi connectivity index (χ0v) is 5.89. The second-order valence-corrected chi connectivity index (χ2v) is 2.15. The Hall–Kier alpha value is -0.0851. The first-order valence-electron chi connectivity index (χ1n) is 3.22. The van der Waals surface area contributed by atoms with E-state index in [1.807, 2.05) is 14.8 Å². The van der Waals surface area contributed by atoms with Crippen LogP contribution in [0.4, 0.5) is 4.39 Å². The number of alkyl halides is 1. The van der Waals surface area contributed by atoms with Gasteiger partial charge in [-0.1, -0.05) is 13.2 Å². The van der Waals surface area contributed by atoms with Crippen LogP contribution >= 0.6 is 0 Å². The molecule has 0 fully saturated rings. The lowest BCUT2D eigenvalue weighted by Crippen LogP contribution is -2.31. The summed E-state index contributed by atoms with van der Waals surface area (Å²) in [4.78, 5) is 0. The molecular formula is C5H13BFNO. The fourth-order valence-electron chi connectivity index (χ4n) is 0.443. The molecule has 0 aromatic rings. The summed E-state index contributed by atoms with van der Waals surface area (Å²) in [7, 11) is 2.00. The summed E-state index contributed by atoms with van der Waals surface area (Å²) in [6.07, 6.45) is -0.772. The molecule has 4 heteroatoms. The van der Waals surface area contributed by atoms with Crippen molar-refractivity contribution in [2.75, 3.05) is 6.54 Å². The van der Waals surface area contributed by atoms with Crippen molar-refractivity contribution in [1.82, 2.24) is 5.32 Å². The van der Waals surface area contributed by atoms with Crippen LogP contribution in [-0.4, -0.2) is 31.9 Å². The van der Waals surface area contributed by atoms with Crippen LogP contribution in [0.3, 0.4) is 0 Å². The Labute approximate surface area is 55.9 Å². The molecule has 0 aromatic heterocycles. The Bertz CT molecular complexity index is 72.0. The minimum absolute atomic E-state index is 0.0367. The van der Waals surface area contributed by atoms with Crippen molar-refractivity contribution >= 4 is 7.85 Å². The van der Waals surface area contributed by atoms with Crippen molar-refractivity contribution in [3.05, 3.63) is 0 Å². The van der Waals surface area contributed by atoms with Gasteiger partial charge in [0.05, 0.1) is 6.54 Å². The number of hydrogen-bond acceptors (Lipinski definition) is 2. The van der Waals surface area contributed by atoms with E-state index >= 15 is 0 Å². The summed E-state index contributed by atoms with van der Waals surface area (Å²) < 4.78 is 11.7. The van der Waals surface area contributed by atoms with E-state index in [0.717, 1.165) is 6.32 Å². The number of hydrogen-bond donors (Lipinski definition) is 2. The lowest BCUT2D eigenvalue weighted by Gasteiger charge is -2.10. The van der Waals surface area contributed by atoms with Crippen LogP contribution in [-0.2, 0) is 0 Å². The predicted octanol–water partition coefficient (Wildman–Crippen LogP) is -0.696. The molecule has 0 rings (SSSR count). The van der Waals surface area contributed by atoms with Crippen molar-refractivity contribution in [1.29, 1.82) is 0 Å². The number of rotatable bonds is 4. The minimum Gasteiger partial charge on any atom is -0.363 e. The van der Waals surface area contributed by atoms with E-state index < -0.39 is 6.36 Å². The molecule has 54 valence electrons. The van der Waals surface area contributed by atoms with Gasteiger partial charge in [-0.3, -0.25) is 0 Å². The lowest BCUT2D eigenvalue weighted by molar-refractivity contribution is 0.0410. The summed E-state index contributed by atoms with van der Waals surface area (Å²) in [5, 5.41) is 11.0. The molecule has 2 nitrogen and oxygen atoms in total. The molecule has 2 atom stereocenters. The highest BCUT2D eigenvalue weighted by Crippen LogP contribution is 1.87. The average Bonchev–Trinajstić information content (AvgIpc) is 1.83. The largest absolute Gasteiger partial charge is 0.363 e. The van der Waals surface area contributed by atoms with E-state index in [1.54, 1.807) is 0 Å². The first-order valence-corrected chi connectivity index (χ1v) is 3.22. The summed E-state index contributed by atoms with van der Waals surface area (Å²) in [6.45, 7) is 1.98. The van der Waals surface area contributed by atoms with Crippen LogP contribution in [0.1, 0.15) is 6.92 Å². The van der Waals surface area contributed by atoms with Gasteiger partial charge in [0, 0.05) is 0 Å². The Morgan fingerprint density at radius 2 is 2.33 bits per heavy atom. The van der Waals surface area contributed by atoms with Gasteiger partial charge in [0.1, 0.15) is 7.85 Å². The maximum absolute atomic E-state index is 11.7. The molecule has 0 saturated heterocycles.